The predicted molar refractivity (Wildman–Crippen MR) is 88.3 cm³/mol. The van der Waals surface area contributed by atoms with Crippen LogP contribution in [0.3, 0.4) is 0 Å². The molecule has 112 valence electrons. The predicted octanol–water partition coefficient (Wildman–Crippen LogP) is 3.29. The summed E-state index contributed by atoms with van der Waals surface area (Å²) in [6, 6.07) is 14.8. The third kappa shape index (κ3) is 3.09. The normalized spacial score (nSPS) is 10.0. The lowest BCUT2D eigenvalue weighted by atomic mass is 10.0. The molecule has 0 radical (unpaired) electrons. The van der Waals surface area contributed by atoms with Crippen LogP contribution in [0.2, 0.25) is 0 Å². The van der Waals surface area contributed by atoms with Crippen molar-refractivity contribution in [3.8, 4) is 17.2 Å². The van der Waals surface area contributed by atoms with E-state index in [1.54, 1.807) is 17.0 Å². The maximum absolute atomic E-state index is 12.3. The molecular weight excluding hydrogens is 274 g/mol. The second-order valence-electron chi connectivity index (χ2n) is 4.97. The summed E-state index contributed by atoms with van der Waals surface area (Å²) in [6.07, 6.45) is 0. The highest BCUT2D eigenvalue weighted by atomic mass is 16.2. The van der Waals surface area contributed by atoms with E-state index in [2.05, 4.69) is 0 Å². The molecule has 0 atom stereocenters. The van der Waals surface area contributed by atoms with Gasteiger partial charge in [-0.1, -0.05) is 18.2 Å². The summed E-state index contributed by atoms with van der Waals surface area (Å²) in [5.41, 5.74) is 9.34. The molecular formula is C18H19N3O. The molecule has 0 fully saturated rings. The van der Waals surface area contributed by atoms with Crippen LogP contribution < -0.4 is 5.73 Å². The number of rotatable bonds is 4. The molecule has 2 rings (SSSR count). The third-order valence-corrected chi connectivity index (χ3v) is 3.69. The molecule has 2 N–H and O–H groups in total. The average molecular weight is 293 g/mol. The van der Waals surface area contributed by atoms with Crippen LogP contribution in [0.25, 0.3) is 11.1 Å². The zero-order chi connectivity index (χ0) is 16.1. The van der Waals surface area contributed by atoms with Gasteiger partial charge in [0, 0.05) is 18.7 Å². The van der Waals surface area contributed by atoms with Gasteiger partial charge in [-0.15, -0.1) is 0 Å². The van der Waals surface area contributed by atoms with Crippen LogP contribution in [0, 0.1) is 11.3 Å². The van der Waals surface area contributed by atoms with Crippen LogP contribution in [0.4, 0.5) is 5.69 Å². The largest absolute Gasteiger partial charge is 0.398 e. The number of amides is 1. The quantitative estimate of drug-likeness (QED) is 0.879. The molecule has 0 saturated carbocycles. The molecule has 22 heavy (non-hydrogen) atoms. The Bertz CT molecular complexity index is 710. The number of benzene rings is 2. The molecule has 1 amide bonds. The number of carbonyl (C=O) groups is 1. The fourth-order valence-electron chi connectivity index (χ4n) is 2.34. The highest BCUT2D eigenvalue weighted by Crippen LogP contribution is 2.24. The van der Waals surface area contributed by atoms with E-state index in [4.69, 9.17) is 11.0 Å². The van der Waals surface area contributed by atoms with Crippen LogP contribution >= 0.6 is 0 Å². The fourth-order valence-corrected chi connectivity index (χ4v) is 2.34. The van der Waals surface area contributed by atoms with E-state index in [1.807, 2.05) is 50.2 Å². The first-order chi connectivity index (χ1) is 10.6. The van der Waals surface area contributed by atoms with Gasteiger partial charge < -0.3 is 10.6 Å². The Hall–Kier alpha value is -2.80. The van der Waals surface area contributed by atoms with E-state index >= 15 is 0 Å². The molecule has 0 unspecified atom stereocenters. The van der Waals surface area contributed by atoms with Crippen molar-refractivity contribution in [2.24, 2.45) is 0 Å². The minimum absolute atomic E-state index is 0.0379. The summed E-state index contributed by atoms with van der Waals surface area (Å²) in [6.45, 7) is 5.33. The SMILES string of the molecule is CCN(CC)C(=O)c1ccc(-c2ccc(C#N)c(N)c2)cc1. The van der Waals surface area contributed by atoms with Crippen molar-refractivity contribution in [1.29, 1.82) is 5.26 Å². The Morgan fingerprint density at radius 1 is 1.09 bits per heavy atom. The Morgan fingerprint density at radius 3 is 2.18 bits per heavy atom. The molecule has 0 aliphatic rings. The van der Waals surface area contributed by atoms with Crippen molar-refractivity contribution in [1.82, 2.24) is 4.90 Å². The van der Waals surface area contributed by atoms with Crippen LogP contribution in [-0.2, 0) is 0 Å². The average Bonchev–Trinajstić information content (AvgIpc) is 2.56. The molecule has 0 heterocycles. The van der Waals surface area contributed by atoms with E-state index < -0.39 is 0 Å². The maximum Gasteiger partial charge on any atom is 0.253 e. The van der Waals surface area contributed by atoms with Crippen molar-refractivity contribution in [2.45, 2.75) is 13.8 Å². The molecule has 4 heteroatoms. The summed E-state index contributed by atoms with van der Waals surface area (Å²) in [5.74, 6) is 0.0379. The lowest BCUT2D eigenvalue weighted by molar-refractivity contribution is 0.0773. The lowest BCUT2D eigenvalue weighted by Gasteiger charge is -2.18. The number of carbonyl (C=O) groups excluding carboxylic acids is 1. The van der Waals surface area contributed by atoms with Crippen molar-refractivity contribution < 1.29 is 4.79 Å². The number of nitrogens with two attached hydrogens (primary N) is 1. The number of nitrogen functional groups attached to an aromatic ring is 1. The smallest absolute Gasteiger partial charge is 0.253 e. The van der Waals surface area contributed by atoms with Crippen molar-refractivity contribution >= 4 is 11.6 Å². The Morgan fingerprint density at radius 2 is 1.68 bits per heavy atom. The number of anilines is 1. The molecule has 4 nitrogen and oxygen atoms in total. The van der Waals surface area contributed by atoms with Gasteiger partial charge in [-0.05, 0) is 49.2 Å². The van der Waals surface area contributed by atoms with E-state index in [1.165, 1.54) is 0 Å². The van der Waals surface area contributed by atoms with Crippen LogP contribution in [0.1, 0.15) is 29.8 Å². The molecule has 0 saturated heterocycles. The van der Waals surface area contributed by atoms with Crippen molar-refractivity contribution in [3.63, 3.8) is 0 Å². The van der Waals surface area contributed by atoms with Crippen molar-refractivity contribution in [3.05, 3.63) is 53.6 Å². The standard InChI is InChI=1S/C18H19N3O/c1-3-21(4-2)18(22)14-7-5-13(6-8-14)15-9-10-16(12-19)17(20)11-15/h5-11H,3-4,20H2,1-2H3. The lowest BCUT2D eigenvalue weighted by Crippen LogP contribution is -2.30. The van der Waals surface area contributed by atoms with Gasteiger partial charge in [0.15, 0.2) is 0 Å². The molecule has 2 aromatic rings. The highest BCUT2D eigenvalue weighted by molar-refractivity contribution is 5.94. The third-order valence-electron chi connectivity index (χ3n) is 3.69. The Kier molecular flexibility index (Phi) is 4.80. The van der Waals surface area contributed by atoms with Crippen molar-refractivity contribution in [2.75, 3.05) is 18.8 Å². The van der Waals surface area contributed by atoms with Crippen LogP contribution in [0.15, 0.2) is 42.5 Å². The first kappa shape index (κ1) is 15.6. The van der Waals surface area contributed by atoms with Crippen LogP contribution in [0.5, 0.6) is 0 Å². The Labute approximate surface area is 130 Å². The van der Waals surface area contributed by atoms with Gasteiger partial charge >= 0.3 is 0 Å². The number of hydrogen-bond acceptors (Lipinski definition) is 3. The summed E-state index contributed by atoms with van der Waals surface area (Å²) < 4.78 is 0. The zero-order valence-electron chi connectivity index (χ0n) is 12.8. The second-order valence-corrected chi connectivity index (χ2v) is 4.97. The summed E-state index contributed by atoms with van der Waals surface area (Å²) >= 11 is 0. The summed E-state index contributed by atoms with van der Waals surface area (Å²) in [4.78, 5) is 14.0. The number of hydrogen-bond donors (Lipinski definition) is 1. The molecule has 0 spiro atoms. The van der Waals surface area contributed by atoms with Gasteiger partial charge in [-0.2, -0.15) is 5.26 Å². The van der Waals surface area contributed by atoms with E-state index in [0.717, 1.165) is 11.1 Å². The van der Waals surface area contributed by atoms with Gasteiger partial charge in [0.25, 0.3) is 5.91 Å². The van der Waals surface area contributed by atoms with Gasteiger partial charge in [0.1, 0.15) is 6.07 Å². The first-order valence-electron chi connectivity index (χ1n) is 7.30. The molecule has 2 aromatic carbocycles. The minimum atomic E-state index is 0.0379. The highest BCUT2D eigenvalue weighted by Gasteiger charge is 2.12. The van der Waals surface area contributed by atoms with E-state index in [0.29, 0.717) is 29.9 Å². The molecule has 0 aromatic heterocycles. The first-order valence-corrected chi connectivity index (χ1v) is 7.30. The number of nitriles is 1. The van der Waals surface area contributed by atoms with E-state index in [9.17, 15) is 4.79 Å². The molecule has 0 aliphatic heterocycles. The maximum atomic E-state index is 12.3. The zero-order valence-corrected chi connectivity index (χ0v) is 12.8. The summed E-state index contributed by atoms with van der Waals surface area (Å²) in [7, 11) is 0. The fraction of sp³-hybridized carbons (Fsp3) is 0.222. The topological polar surface area (TPSA) is 70.1 Å². The Balaban J connectivity index is 2.27. The molecule has 0 aliphatic carbocycles. The van der Waals surface area contributed by atoms with E-state index in [-0.39, 0.29) is 5.91 Å². The molecule has 0 bridgehead atoms. The monoisotopic (exact) mass is 293 g/mol. The second kappa shape index (κ2) is 6.77. The van der Waals surface area contributed by atoms with Gasteiger partial charge in [0.05, 0.1) is 11.3 Å². The van der Waals surface area contributed by atoms with Crippen LogP contribution in [-0.4, -0.2) is 23.9 Å². The number of nitrogens with zero attached hydrogens (tertiary/aromatic N) is 2. The minimum Gasteiger partial charge on any atom is -0.398 e. The van der Waals surface area contributed by atoms with Gasteiger partial charge in [0.2, 0.25) is 0 Å². The van der Waals surface area contributed by atoms with Gasteiger partial charge in [-0.25, -0.2) is 0 Å². The van der Waals surface area contributed by atoms with Gasteiger partial charge in [-0.3, -0.25) is 4.79 Å². The summed E-state index contributed by atoms with van der Waals surface area (Å²) in [5, 5.41) is 8.90.